The second-order valence-corrected chi connectivity index (χ2v) is 3.65. The lowest BCUT2D eigenvalue weighted by Gasteiger charge is -2.06. The Morgan fingerprint density at radius 1 is 1.45 bits per heavy atom. The molecule has 0 radical (unpaired) electrons. The molecule has 9 heteroatoms. The zero-order chi connectivity index (χ0) is 15.1. The van der Waals surface area contributed by atoms with Crippen molar-refractivity contribution < 1.29 is 27.6 Å². The molecular formula is C11H11F3N2O4. The van der Waals surface area contributed by atoms with E-state index in [9.17, 15) is 28.1 Å². The van der Waals surface area contributed by atoms with Gasteiger partial charge in [0.25, 0.3) is 12.3 Å². The van der Waals surface area contributed by atoms with Gasteiger partial charge >= 0.3 is 5.69 Å². The fraction of sp³-hybridized carbons (Fsp3) is 0.364. The molecule has 0 bridgehead atoms. The summed E-state index contributed by atoms with van der Waals surface area (Å²) < 4.78 is 41.0. The molecule has 20 heavy (non-hydrogen) atoms. The van der Waals surface area contributed by atoms with Gasteiger partial charge < -0.3 is 10.1 Å². The van der Waals surface area contributed by atoms with Gasteiger partial charge in [-0.25, -0.2) is 8.78 Å². The normalized spacial score (nSPS) is 10.6. The van der Waals surface area contributed by atoms with Gasteiger partial charge in [-0.05, 0) is 12.1 Å². The molecule has 0 aromatic heterocycles. The highest BCUT2D eigenvalue weighted by atomic mass is 19.3. The Balaban J connectivity index is 2.51. The molecule has 0 spiro atoms. The molecule has 1 rings (SSSR count). The summed E-state index contributed by atoms with van der Waals surface area (Å²) in [5.41, 5.74) is -0.918. The van der Waals surface area contributed by atoms with Crippen LogP contribution in [0.25, 0.3) is 0 Å². The van der Waals surface area contributed by atoms with Crippen molar-refractivity contribution in [3.05, 3.63) is 39.7 Å². The van der Waals surface area contributed by atoms with Gasteiger partial charge in [-0.1, -0.05) is 0 Å². The standard InChI is InChI=1S/C11H11F3N2O4/c12-8-2-1-7(5-9(8)16(18)19)11(17)15-3-4-20-6-10(13)14/h1-2,5,10H,3-4,6H2,(H,15,17). The summed E-state index contributed by atoms with van der Waals surface area (Å²) in [6.45, 7) is -0.909. The van der Waals surface area contributed by atoms with Crippen LogP contribution in [0.15, 0.2) is 18.2 Å². The highest BCUT2D eigenvalue weighted by Gasteiger charge is 2.17. The number of nitro groups is 1. The number of rotatable bonds is 7. The molecule has 0 unspecified atom stereocenters. The van der Waals surface area contributed by atoms with Crippen molar-refractivity contribution >= 4 is 11.6 Å². The summed E-state index contributed by atoms with van der Waals surface area (Å²) in [6, 6.07) is 2.68. The number of nitro benzene ring substituents is 1. The maximum Gasteiger partial charge on any atom is 0.305 e. The number of carbonyl (C=O) groups excluding carboxylic acids is 1. The number of hydrogen-bond donors (Lipinski definition) is 1. The van der Waals surface area contributed by atoms with Crippen molar-refractivity contribution in [2.75, 3.05) is 19.8 Å². The van der Waals surface area contributed by atoms with Crippen LogP contribution in [-0.4, -0.2) is 37.0 Å². The summed E-state index contributed by atoms with van der Waals surface area (Å²) in [5, 5.41) is 12.8. The second-order valence-electron chi connectivity index (χ2n) is 3.65. The lowest BCUT2D eigenvalue weighted by Crippen LogP contribution is -2.27. The number of nitrogens with zero attached hydrogens (tertiary/aromatic N) is 1. The number of ether oxygens (including phenoxy) is 1. The Bertz CT molecular complexity index is 497. The first-order valence-corrected chi connectivity index (χ1v) is 5.50. The minimum absolute atomic E-state index is 0.0449. The van der Waals surface area contributed by atoms with E-state index in [1.54, 1.807) is 0 Å². The van der Waals surface area contributed by atoms with Crippen LogP contribution < -0.4 is 5.32 Å². The first-order valence-electron chi connectivity index (χ1n) is 5.50. The van der Waals surface area contributed by atoms with Crippen molar-refractivity contribution in [1.29, 1.82) is 0 Å². The van der Waals surface area contributed by atoms with E-state index < -0.39 is 35.4 Å². The number of alkyl halides is 2. The van der Waals surface area contributed by atoms with Crippen LogP contribution in [0.1, 0.15) is 10.4 Å². The third-order valence-electron chi connectivity index (χ3n) is 2.18. The molecule has 0 aliphatic heterocycles. The van der Waals surface area contributed by atoms with E-state index in [1.165, 1.54) is 0 Å². The van der Waals surface area contributed by atoms with Gasteiger partial charge in [0.1, 0.15) is 6.61 Å². The van der Waals surface area contributed by atoms with Gasteiger partial charge in [-0.3, -0.25) is 14.9 Å². The summed E-state index contributed by atoms with van der Waals surface area (Å²) in [7, 11) is 0. The molecule has 1 aromatic rings. The van der Waals surface area contributed by atoms with E-state index in [1.807, 2.05) is 0 Å². The highest BCUT2D eigenvalue weighted by molar-refractivity contribution is 5.94. The van der Waals surface area contributed by atoms with Gasteiger partial charge in [0.05, 0.1) is 11.5 Å². The number of nitrogens with one attached hydrogen (secondary N) is 1. The molecule has 6 nitrogen and oxygen atoms in total. The Kier molecular flexibility index (Phi) is 5.91. The smallest absolute Gasteiger partial charge is 0.305 e. The van der Waals surface area contributed by atoms with Crippen molar-refractivity contribution in [2.24, 2.45) is 0 Å². The van der Waals surface area contributed by atoms with Crippen LogP contribution in [-0.2, 0) is 4.74 Å². The number of hydrogen-bond acceptors (Lipinski definition) is 4. The Hall–Kier alpha value is -2.16. The maximum absolute atomic E-state index is 13.0. The number of carbonyl (C=O) groups is 1. The number of benzene rings is 1. The van der Waals surface area contributed by atoms with Crippen molar-refractivity contribution in [1.82, 2.24) is 5.32 Å². The Morgan fingerprint density at radius 3 is 2.75 bits per heavy atom. The largest absolute Gasteiger partial charge is 0.374 e. The fourth-order valence-corrected chi connectivity index (χ4v) is 1.31. The van der Waals surface area contributed by atoms with Crippen LogP contribution in [0, 0.1) is 15.9 Å². The third-order valence-corrected chi connectivity index (χ3v) is 2.18. The third kappa shape index (κ3) is 4.84. The molecule has 110 valence electrons. The van der Waals surface area contributed by atoms with E-state index in [2.05, 4.69) is 10.1 Å². The number of halogens is 3. The molecule has 1 N–H and O–H groups in total. The fourth-order valence-electron chi connectivity index (χ4n) is 1.31. The average Bonchev–Trinajstić information content (AvgIpc) is 2.37. The van der Waals surface area contributed by atoms with Crippen LogP contribution in [0.2, 0.25) is 0 Å². The highest BCUT2D eigenvalue weighted by Crippen LogP contribution is 2.18. The minimum Gasteiger partial charge on any atom is -0.374 e. The zero-order valence-corrected chi connectivity index (χ0v) is 10.1. The van der Waals surface area contributed by atoms with Crippen molar-refractivity contribution in [3.8, 4) is 0 Å². The first kappa shape index (κ1) is 15.9. The Morgan fingerprint density at radius 2 is 2.15 bits per heavy atom. The predicted molar refractivity (Wildman–Crippen MR) is 62.2 cm³/mol. The van der Waals surface area contributed by atoms with Gasteiger partial charge in [0.15, 0.2) is 0 Å². The predicted octanol–water partition coefficient (Wildman–Crippen LogP) is 1.75. The van der Waals surface area contributed by atoms with Crippen molar-refractivity contribution in [3.63, 3.8) is 0 Å². The molecule has 0 aliphatic rings. The molecule has 0 heterocycles. The molecule has 0 fully saturated rings. The van der Waals surface area contributed by atoms with Gasteiger partial charge in [-0.15, -0.1) is 0 Å². The monoisotopic (exact) mass is 292 g/mol. The van der Waals surface area contributed by atoms with Crippen LogP contribution in [0.3, 0.4) is 0 Å². The zero-order valence-electron chi connectivity index (χ0n) is 10.1. The van der Waals surface area contributed by atoms with Crippen LogP contribution in [0.5, 0.6) is 0 Å². The maximum atomic E-state index is 13.0. The lowest BCUT2D eigenvalue weighted by atomic mass is 10.2. The van der Waals surface area contributed by atoms with Crippen molar-refractivity contribution in [2.45, 2.75) is 6.43 Å². The lowest BCUT2D eigenvalue weighted by molar-refractivity contribution is -0.387. The van der Waals surface area contributed by atoms with E-state index in [-0.39, 0.29) is 18.7 Å². The molecular weight excluding hydrogens is 281 g/mol. The van der Waals surface area contributed by atoms with Gasteiger partial charge in [0, 0.05) is 18.2 Å². The van der Waals surface area contributed by atoms with E-state index in [0.717, 1.165) is 18.2 Å². The average molecular weight is 292 g/mol. The SMILES string of the molecule is O=C(NCCOCC(F)F)c1ccc(F)c([N+](=O)[O-])c1. The summed E-state index contributed by atoms with van der Waals surface area (Å²) in [5.74, 6) is -1.74. The second kappa shape index (κ2) is 7.43. The van der Waals surface area contributed by atoms with E-state index in [4.69, 9.17) is 0 Å². The van der Waals surface area contributed by atoms with E-state index in [0.29, 0.717) is 0 Å². The number of amides is 1. The topological polar surface area (TPSA) is 81.5 Å². The molecule has 1 amide bonds. The molecule has 0 saturated heterocycles. The Labute approximate surface area is 111 Å². The van der Waals surface area contributed by atoms with Gasteiger partial charge in [0.2, 0.25) is 5.82 Å². The summed E-state index contributed by atoms with van der Waals surface area (Å²) >= 11 is 0. The van der Waals surface area contributed by atoms with Crippen LogP contribution in [0.4, 0.5) is 18.9 Å². The first-order chi connectivity index (χ1) is 9.41. The quantitative estimate of drug-likeness (QED) is 0.471. The van der Waals surface area contributed by atoms with E-state index >= 15 is 0 Å². The molecule has 0 saturated carbocycles. The van der Waals surface area contributed by atoms with Gasteiger partial charge in [-0.2, -0.15) is 4.39 Å². The molecule has 1 aromatic carbocycles. The molecule has 0 aliphatic carbocycles. The molecule has 0 atom stereocenters. The van der Waals surface area contributed by atoms with Crippen LogP contribution >= 0.6 is 0 Å². The minimum atomic E-state index is -2.59. The summed E-state index contributed by atoms with van der Waals surface area (Å²) in [6.07, 6.45) is -2.59. The summed E-state index contributed by atoms with van der Waals surface area (Å²) in [4.78, 5) is 21.1.